The third kappa shape index (κ3) is 4.07. The number of fused-ring (bicyclic) bond motifs is 3. The highest BCUT2D eigenvalue weighted by Crippen LogP contribution is 2.41. The van der Waals surface area contributed by atoms with Crippen LogP contribution in [0.1, 0.15) is 49.1 Å². The van der Waals surface area contributed by atoms with Crippen molar-refractivity contribution in [3.63, 3.8) is 0 Å². The van der Waals surface area contributed by atoms with Crippen LogP contribution in [0.2, 0.25) is 0 Å². The minimum atomic E-state index is -1.01. The summed E-state index contributed by atoms with van der Waals surface area (Å²) in [4.78, 5) is 12.5. The van der Waals surface area contributed by atoms with Gasteiger partial charge in [-0.25, -0.2) is 8.78 Å². The van der Waals surface area contributed by atoms with Crippen molar-refractivity contribution < 1.29 is 22.7 Å². The van der Waals surface area contributed by atoms with E-state index in [4.69, 9.17) is 9.15 Å². The van der Waals surface area contributed by atoms with Crippen LogP contribution >= 0.6 is 0 Å². The molecule has 2 aromatic carbocycles. The average Bonchev–Trinajstić information content (AvgIpc) is 3.11. The first-order chi connectivity index (χ1) is 14.9. The van der Waals surface area contributed by atoms with Crippen LogP contribution in [0.3, 0.4) is 0 Å². The number of carbonyl (C=O) groups is 1. The molecule has 0 atom stereocenters. The van der Waals surface area contributed by atoms with Crippen LogP contribution in [0, 0.1) is 18.6 Å². The summed E-state index contributed by atoms with van der Waals surface area (Å²) in [5.74, 6) is -0.670. The third-order valence-electron chi connectivity index (χ3n) is 5.67. The average molecular weight is 425 g/mol. The predicted octanol–water partition coefficient (Wildman–Crippen LogP) is 6.34. The van der Waals surface area contributed by atoms with Gasteiger partial charge in [0.2, 0.25) is 5.91 Å². The molecule has 0 bridgehead atoms. The lowest BCUT2D eigenvalue weighted by Gasteiger charge is -2.15. The number of benzene rings is 2. The molecular formula is C25H25F2NO3. The molecule has 6 heteroatoms. The van der Waals surface area contributed by atoms with Crippen molar-refractivity contribution in [1.29, 1.82) is 0 Å². The van der Waals surface area contributed by atoms with Gasteiger partial charge in [-0.05, 0) is 63.8 Å². The van der Waals surface area contributed by atoms with Crippen molar-refractivity contribution in [2.75, 3.05) is 11.9 Å². The summed E-state index contributed by atoms with van der Waals surface area (Å²) in [5.41, 5.74) is 4.72. The van der Waals surface area contributed by atoms with Crippen molar-refractivity contribution in [3.8, 4) is 5.75 Å². The van der Waals surface area contributed by atoms with E-state index in [0.29, 0.717) is 17.9 Å². The Labute approximate surface area is 179 Å². The number of carbonyl (C=O) groups excluding carboxylic acids is 1. The lowest BCUT2D eigenvalue weighted by atomic mass is 9.93. The smallest absolute Gasteiger partial charge is 0.248 e. The van der Waals surface area contributed by atoms with E-state index in [0.717, 1.165) is 65.7 Å². The number of aryl methyl sites for hydroxylation is 3. The molecular weight excluding hydrogens is 400 g/mol. The predicted molar refractivity (Wildman–Crippen MR) is 117 cm³/mol. The molecule has 1 aliphatic carbocycles. The van der Waals surface area contributed by atoms with Gasteiger partial charge in [0.25, 0.3) is 0 Å². The molecule has 0 saturated carbocycles. The third-order valence-corrected chi connectivity index (χ3v) is 5.67. The van der Waals surface area contributed by atoms with Gasteiger partial charge in [0.05, 0.1) is 6.61 Å². The summed E-state index contributed by atoms with van der Waals surface area (Å²) < 4.78 is 38.7. The molecule has 1 aliphatic rings. The topological polar surface area (TPSA) is 51.5 Å². The second kappa shape index (κ2) is 8.53. The highest BCUT2D eigenvalue weighted by molar-refractivity contribution is 6.05. The van der Waals surface area contributed by atoms with Gasteiger partial charge >= 0.3 is 0 Å². The Balaban J connectivity index is 1.73. The summed E-state index contributed by atoms with van der Waals surface area (Å²) in [6.07, 6.45) is 5.62. The van der Waals surface area contributed by atoms with E-state index in [1.807, 2.05) is 26.8 Å². The Morgan fingerprint density at radius 3 is 2.71 bits per heavy atom. The number of hydrogen-bond acceptors (Lipinski definition) is 3. The fourth-order valence-corrected chi connectivity index (χ4v) is 4.19. The van der Waals surface area contributed by atoms with Gasteiger partial charge in [0.15, 0.2) is 11.6 Å². The lowest BCUT2D eigenvalue weighted by Crippen LogP contribution is -2.09. The highest BCUT2D eigenvalue weighted by atomic mass is 19.2. The molecule has 4 rings (SSSR count). The number of anilines is 1. The summed E-state index contributed by atoms with van der Waals surface area (Å²) in [6.45, 7) is 6.20. The molecule has 162 valence electrons. The van der Waals surface area contributed by atoms with Crippen molar-refractivity contribution >= 4 is 28.1 Å². The number of furan rings is 1. The number of rotatable bonds is 5. The number of nitrogens with one attached hydrogen (secondary N) is 1. The molecule has 1 heterocycles. The first-order valence-electron chi connectivity index (χ1n) is 10.5. The van der Waals surface area contributed by atoms with Crippen LogP contribution in [-0.2, 0) is 17.6 Å². The van der Waals surface area contributed by atoms with Crippen molar-refractivity contribution in [1.82, 2.24) is 0 Å². The normalized spacial score (nSPS) is 13.9. The van der Waals surface area contributed by atoms with Crippen molar-refractivity contribution in [3.05, 3.63) is 64.4 Å². The number of allylic oxidation sites excluding steroid dienone is 1. The number of amides is 1. The first-order valence-corrected chi connectivity index (χ1v) is 10.5. The Bertz CT molecular complexity index is 1190. The zero-order valence-corrected chi connectivity index (χ0v) is 17.9. The van der Waals surface area contributed by atoms with E-state index in [-0.39, 0.29) is 5.69 Å². The number of ether oxygens (including phenoxy) is 1. The summed E-state index contributed by atoms with van der Waals surface area (Å²) in [6, 6.07) is 5.29. The first kappa shape index (κ1) is 21.1. The Kier molecular flexibility index (Phi) is 5.81. The quantitative estimate of drug-likeness (QED) is 0.486. The van der Waals surface area contributed by atoms with Crippen LogP contribution < -0.4 is 10.1 Å². The van der Waals surface area contributed by atoms with Gasteiger partial charge < -0.3 is 14.5 Å². The van der Waals surface area contributed by atoms with Crippen molar-refractivity contribution in [2.45, 2.75) is 46.5 Å². The maximum absolute atomic E-state index is 13.4. The summed E-state index contributed by atoms with van der Waals surface area (Å²) in [7, 11) is 0. The largest absolute Gasteiger partial charge is 0.493 e. The maximum atomic E-state index is 13.4. The standard InChI is InChI=1S/C25H25F2NO3/c1-4-30-24-15(3)25-19(17-7-5-6-8-22(17)31-25)13-18(24)14(2)11-23(29)28-16-9-10-20(26)21(27)12-16/h9-13H,4-8H2,1-3H3,(H,28,29)/b14-11+. The molecule has 4 nitrogen and oxygen atoms in total. The van der Waals surface area contributed by atoms with Crippen LogP contribution in [0.4, 0.5) is 14.5 Å². The molecule has 0 fully saturated rings. The monoisotopic (exact) mass is 425 g/mol. The van der Waals surface area contributed by atoms with Gasteiger partial charge in [-0.2, -0.15) is 0 Å². The molecule has 1 aromatic heterocycles. The Hall–Kier alpha value is -3.15. The SMILES string of the molecule is CCOc1c(/C(C)=C/C(=O)Nc2ccc(F)c(F)c2)cc2c3c(oc2c1C)CCCC3. The Morgan fingerprint density at radius 2 is 1.97 bits per heavy atom. The molecule has 0 spiro atoms. The van der Waals surface area contributed by atoms with Crippen LogP contribution in [0.5, 0.6) is 5.75 Å². The second-order valence-electron chi connectivity index (χ2n) is 7.84. The zero-order valence-electron chi connectivity index (χ0n) is 17.9. The summed E-state index contributed by atoms with van der Waals surface area (Å²) >= 11 is 0. The zero-order chi connectivity index (χ0) is 22.1. The van der Waals surface area contributed by atoms with Crippen LogP contribution in [0.15, 0.2) is 34.8 Å². The van der Waals surface area contributed by atoms with Gasteiger partial charge in [-0.15, -0.1) is 0 Å². The van der Waals surface area contributed by atoms with E-state index in [9.17, 15) is 13.6 Å². The molecule has 1 N–H and O–H groups in total. The molecule has 0 unspecified atom stereocenters. The van der Waals surface area contributed by atoms with E-state index < -0.39 is 17.5 Å². The Morgan fingerprint density at radius 1 is 1.19 bits per heavy atom. The van der Waals surface area contributed by atoms with Crippen LogP contribution in [0.25, 0.3) is 16.5 Å². The van der Waals surface area contributed by atoms with Gasteiger partial charge in [-0.1, -0.05) is 0 Å². The molecule has 31 heavy (non-hydrogen) atoms. The minimum Gasteiger partial charge on any atom is -0.493 e. The van der Waals surface area contributed by atoms with Gasteiger partial charge in [-0.3, -0.25) is 4.79 Å². The second-order valence-corrected chi connectivity index (χ2v) is 7.84. The molecule has 0 saturated heterocycles. The molecule has 1 amide bonds. The molecule has 3 aromatic rings. The molecule has 0 radical (unpaired) electrons. The number of hydrogen-bond donors (Lipinski definition) is 1. The van der Waals surface area contributed by atoms with Gasteiger partial charge in [0, 0.05) is 46.3 Å². The minimum absolute atomic E-state index is 0.188. The number of halogens is 2. The van der Waals surface area contributed by atoms with Crippen LogP contribution in [-0.4, -0.2) is 12.5 Å². The van der Waals surface area contributed by atoms with E-state index in [1.54, 1.807) is 0 Å². The fourth-order valence-electron chi connectivity index (χ4n) is 4.19. The van der Waals surface area contributed by atoms with E-state index in [1.165, 1.54) is 17.7 Å². The highest BCUT2D eigenvalue weighted by Gasteiger charge is 2.23. The summed E-state index contributed by atoms with van der Waals surface area (Å²) in [5, 5.41) is 3.65. The fraction of sp³-hybridized carbons (Fsp3) is 0.320. The molecule has 0 aliphatic heterocycles. The van der Waals surface area contributed by atoms with Gasteiger partial charge in [0.1, 0.15) is 17.1 Å². The van der Waals surface area contributed by atoms with Crippen molar-refractivity contribution in [2.24, 2.45) is 0 Å². The van der Waals surface area contributed by atoms with E-state index in [2.05, 4.69) is 5.32 Å². The maximum Gasteiger partial charge on any atom is 0.248 e. The van der Waals surface area contributed by atoms with E-state index >= 15 is 0 Å². The lowest BCUT2D eigenvalue weighted by molar-refractivity contribution is -0.111.